The van der Waals surface area contributed by atoms with Crippen molar-refractivity contribution in [2.45, 2.75) is 70.7 Å². The Labute approximate surface area is 164 Å². The predicted molar refractivity (Wildman–Crippen MR) is 101 cm³/mol. The van der Waals surface area contributed by atoms with Crippen LogP contribution in [0.15, 0.2) is 18.2 Å². The first-order valence-corrected chi connectivity index (χ1v) is 10.1. The summed E-state index contributed by atoms with van der Waals surface area (Å²) in [5.41, 5.74) is 2.00. The number of carbonyl (C=O) groups excluding carboxylic acids is 2. The van der Waals surface area contributed by atoms with E-state index in [9.17, 15) is 19.8 Å². The fourth-order valence-electron chi connectivity index (χ4n) is 6.21. The number of aryl methyl sites for hydroxylation is 1. The quantitative estimate of drug-likeness (QED) is 0.597. The van der Waals surface area contributed by atoms with E-state index in [2.05, 4.69) is 0 Å². The standard InChI is InChI=1S/C22H28O6/c1-11(23)27-14-5-7-15-13(10-14)4-6-17-16(15)8-9-22(3)18(17)19(25)20(26)21(22)28-12(2)24/h5,7,10,16-21,25-26H,4,6,8-9H2,1-3H3/t16?,17?,18?,19-,20-,21+,22+/m1/s1. The molecule has 28 heavy (non-hydrogen) atoms. The fourth-order valence-corrected chi connectivity index (χ4v) is 6.21. The van der Waals surface area contributed by atoms with Crippen LogP contribution in [-0.2, 0) is 20.7 Å². The van der Waals surface area contributed by atoms with Gasteiger partial charge >= 0.3 is 11.9 Å². The Morgan fingerprint density at radius 3 is 2.54 bits per heavy atom. The SMILES string of the molecule is CC(=O)Oc1ccc2c(c1)CCC1C2CC[C@@]2(C)C1[C@@H](O)[C@@H](O)[C@@H]2OC(C)=O. The minimum Gasteiger partial charge on any atom is -0.459 e. The molecule has 152 valence electrons. The Hall–Kier alpha value is -1.92. The molecule has 0 radical (unpaired) electrons. The minimum absolute atomic E-state index is 0.119. The molecule has 6 nitrogen and oxygen atoms in total. The smallest absolute Gasteiger partial charge is 0.308 e. The number of ether oxygens (including phenoxy) is 2. The Morgan fingerprint density at radius 1 is 1.11 bits per heavy atom. The highest BCUT2D eigenvalue weighted by Gasteiger charge is 2.64. The van der Waals surface area contributed by atoms with Gasteiger partial charge in [0, 0.05) is 19.3 Å². The number of hydrogen-bond acceptors (Lipinski definition) is 6. The van der Waals surface area contributed by atoms with Gasteiger partial charge < -0.3 is 19.7 Å². The van der Waals surface area contributed by atoms with Crippen LogP contribution in [0.5, 0.6) is 5.75 Å². The molecule has 4 rings (SSSR count). The third-order valence-electron chi connectivity index (χ3n) is 7.23. The molecule has 0 saturated heterocycles. The summed E-state index contributed by atoms with van der Waals surface area (Å²) in [6, 6.07) is 5.81. The molecule has 1 aromatic rings. The monoisotopic (exact) mass is 388 g/mol. The molecule has 0 aliphatic heterocycles. The molecule has 3 aliphatic rings. The number of aliphatic hydroxyl groups excluding tert-OH is 2. The van der Waals surface area contributed by atoms with Crippen molar-refractivity contribution in [2.24, 2.45) is 17.3 Å². The summed E-state index contributed by atoms with van der Waals surface area (Å²) < 4.78 is 10.7. The van der Waals surface area contributed by atoms with Gasteiger partial charge in [0.1, 0.15) is 18.0 Å². The van der Waals surface area contributed by atoms with Crippen molar-refractivity contribution >= 4 is 11.9 Å². The zero-order valence-electron chi connectivity index (χ0n) is 16.6. The molecule has 0 aromatic heterocycles. The van der Waals surface area contributed by atoms with E-state index in [1.807, 2.05) is 25.1 Å². The van der Waals surface area contributed by atoms with Gasteiger partial charge in [0.05, 0.1) is 6.10 Å². The van der Waals surface area contributed by atoms with Crippen molar-refractivity contribution in [3.05, 3.63) is 29.3 Å². The largest absolute Gasteiger partial charge is 0.459 e. The molecule has 3 unspecified atom stereocenters. The molecule has 0 bridgehead atoms. The highest BCUT2D eigenvalue weighted by atomic mass is 16.6. The van der Waals surface area contributed by atoms with Crippen molar-refractivity contribution < 1.29 is 29.3 Å². The van der Waals surface area contributed by atoms with Crippen molar-refractivity contribution in [2.75, 3.05) is 0 Å². The third kappa shape index (κ3) is 2.94. The molecule has 2 N–H and O–H groups in total. The Balaban J connectivity index is 1.65. The van der Waals surface area contributed by atoms with E-state index in [1.54, 1.807) is 0 Å². The second kappa shape index (κ2) is 6.85. The van der Waals surface area contributed by atoms with Crippen molar-refractivity contribution in [3.8, 4) is 5.75 Å². The maximum Gasteiger partial charge on any atom is 0.308 e. The van der Waals surface area contributed by atoms with Crippen molar-refractivity contribution in [1.82, 2.24) is 0 Å². The van der Waals surface area contributed by atoms with Crippen LogP contribution in [0.1, 0.15) is 57.1 Å². The van der Waals surface area contributed by atoms with Crippen LogP contribution in [-0.4, -0.2) is 40.5 Å². The van der Waals surface area contributed by atoms with E-state index >= 15 is 0 Å². The van der Waals surface area contributed by atoms with Gasteiger partial charge in [-0.3, -0.25) is 9.59 Å². The number of benzene rings is 1. The summed E-state index contributed by atoms with van der Waals surface area (Å²) >= 11 is 0. The Morgan fingerprint density at radius 2 is 1.86 bits per heavy atom. The molecule has 0 heterocycles. The number of hydrogen-bond donors (Lipinski definition) is 2. The molecule has 3 aliphatic carbocycles. The van der Waals surface area contributed by atoms with E-state index in [0.717, 1.165) is 25.7 Å². The lowest BCUT2D eigenvalue weighted by molar-refractivity contribution is -0.161. The normalized spacial score (nSPS) is 38.8. The van der Waals surface area contributed by atoms with Gasteiger partial charge in [-0.25, -0.2) is 0 Å². The molecule has 7 atom stereocenters. The van der Waals surface area contributed by atoms with Gasteiger partial charge in [-0.15, -0.1) is 0 Å². The number of aliphatic hydroxyl groups is 2. The van der Waals surface area contributed by atoms with E-state index < -0.39 is 29.7 Å². The third-order valence-corrected chi connectivity index (χ3v) is 7.23. The van der Waals surface area contributed by atoms with Crippen LogP contribution in [0.4, 0.5) is 0 Å². The summed E-state index contributed by atoms with van der Waals surface area (Å²) in [6.07, 6.45) is 0.787. The predicted octanol–water partition coefficient (Wildman–Crippen LogP) is 2.34. The first kappa shape index (κ1) is 19.4. The number of carbonyl (C=O) groups is 2. The summed E-state index contributed by atoms with van der Waals surface area (Å²) in [4.78, 5) is 22.8. The van der Waals surface area contributed by atoms with E-state index in [-0.39, 0.29) is 23.7 Å². The maximum absolute atomic E-state index is 11.6. The summed E-state index contributed by atoms with van der Waals surface area (Å²) in [6.45, 7) is 4.78. The molecular formula is C22H28O6. The van der Waals surface area contributed by atoms with E-state index in [1.165, 1.54) is 25.0 Å². The zero-order chi connectivity index (χ0) is 20.2. The summed E-state index contributed by atoms with van der Waals surface area (Å²) in [5.74, 6) is 0.194. The molecular weight excluding hydrogens is 360 g/mol. The number of esters is 2. The fraction of sp³-hybridized carbons (Fsp3) is 0.636. The summed E-state index contributed by atoms with van der Waals surface area (Å²) in [7, 11) is 0. The van der Waals surface area contributed by atoms with Gasteiger partial charge in [0.2, 0.25) is 0 Å². The molecule has 2 fully saturated rings. The lowest BCUT2D eigenvalue weighted by Crippen LogP contribution is -2.47. The van der Waals surface area contributed by atoms with Crippen LogP contribution in [0.25, 0.3) is 0 Å². The van der Waals surface area contributed by atoms with E-state index in [0.29, 0.717) is 5.75 Å². The van der Waals surface area contributed by atoms with Crippen LogP contribution >= 0.6 is 0 Å². The second-order valence-corrected chi connectivity index (χ2v) is 8.84. The van der Waals surface area contributed by atoms with Crippen LogP contribution in [0, 0.1) is 17.3 Å². The van der Waals surface area contributed by atoms with Crippen LogP contribution in [0.3, 0.4) is 0 Å². The molecule has 6 heteroatoms. The Kier molecular flexibility index (Phi) is 4.74. The molecule has 2 saturated carbocycles. The number of rotatable bonds is 2. The van der Waals surface area contributed by atoms with Gasteiger partial charge in [-0.05, 0) is 66.7 Å². The molecule has 1 aromatic carbocycles. The average molecular weight is 388 g/mol. The van der Waals surface area contributed by atoms with Gasteiger partial charge in [-0.1, -0.05) is 13.0 Å². The van der Waals surface area contributed by atoms with Crippen LogP contribution in [0.2, 0.25) is 0 Å². The van der Waals surface area contributed by atoms with Gasteiger partial charge in [0.15, 0.2) is 0 Å². The summed E-state index contributed by atoms with van der Waals surface area (Å²) in [5, 5.41) is 21.5. The highest BCUT2D eigenvalue weighted by molar-refractivity contribution is 5.69. The number of fused-ring (bicyclic) bond motifs is 5. The lowest BCUT2D eigenvalue weighted by atomic mass is 9.55. The Bertz CT molecular complexity index is 804. The van der Waals surface area contributed by atoms with Gasteiger partial charge in [0.25, 0.3) is 0 Å². The van der Waals surface area contributed by atoms with E-state index in [4.69, 9.17) is 9.47 Å². The highest BCUT2D eigenvalue weighted by Crippen LogP contribution is 2.61. The average Bonchev–Trinajstić information content (AvgIpc) is 2.81. The topological polar surface area (TPSA) is 93.1 Å². The van der Waals surface area contributed by atoms with Crippen molar-refractivity contribution in [3.63, 3.8) is 0 Å². The maximum atomic E-state index is 11.6. The lowest BCUT2D eigenvalue weighted by Gasteiger charge is -2.50. The zero-order valence-corrected chi connectivity index (χ0v) is 16.6. The van der Waals surface area contributed by atoms with Crippen LogP contribution < -0.4 is 4.74 Å². The first-order chi connectivity index (χ1) is 13.2. The minimum atomic E-state index is -1.05. The first-order valence-electron chi connectivity index (χ1n) is 10.1. The van der Waals surface area contributed by atoms with Gasteiger partial charge in [-0.2, -0.15) is 0 Å². The molecule has 0 amide bonds. The van der Waals surface area contributed by atoms with Crippen molar-refractivity contribution in [1.29, 1.82) is 0 Å². The molecule has 0 spiro atoms. The second-order valence-electron chi connectivity index (χ2n) is 8.84.